The highest BCUT2D eigenvalue weighted by Crippen LogP contribution is 2.49. The lowest BCUT2D eigenvalue weighted by atomic mass is 9.91. The predicted octanol–water partition coefficient (Wildman–Crippen LogP) is 8.69. The Balaban J connectivity index is 1.74. The van der Waals surface area contributed by atoms with Gasteiger partial charge in [-0.15, -0.1) is 0 Å². The molecule has 0 unspecified atom stereocenters. The largest absolute Gasteiger partial charge is 0.416 e. The average molecular weight is 685 g/mol. The highest BCUT2D eigenvalue weighted by molar-refractivity contribution is 9.10. The Morgan fingerprint density at radius 2 is 1.53 bits per heavy atom. The SMILES string of the molecule is O=C(Cc1c(Br)cc(C(C(F)(F)F)C(F)(F)F)cc1C(F)(F)F)c1cccc(N(CC2CC2)C(=O)c2ccncc2)c1F. The summed E-state index contributed by atoms with van der Waals surface area (Å²) >= 11 is 2.59. The number of nitrogens with zero attached hydrogens (tertiary/aromatic N) is 2. The summed E-state index contributed by atoms with van der Waals surface area (Å²) in [6.45, 7) is 0.0839. The van der Waals surface area contributed by atoms with E-state index < -0.39 is 75.1 Å². The number of Topliss-reactive ketones (excluding diaryl/α,β-unsaturated/α-hetero) is 1. The molecule has 1 amide bonds. The summed E-state index contributed by atoms with van der Waals surface area (Å²) in [5, 5.41) is 0. The van der Waals surface area contributed by atoms with Gasteiger partial charge < -0.3 is 4.90 Å². The third kappa shape index (κ3) is 7.36. The van der Waals surface area contributed by atoms with Crippen LogP contribution in [0.1, 0.15) is 56.2 Å². The van der Waals surface area contributed by atoms with E-state index in [9.17, 15) is 49.1 Å². The zero-order valence-corrected chi connectivity index (χ0v) is 23.1. The quantitative estimate of drug-likeness (QED) is 0.176. The second-order valence-corrected chi connectivity index (χ2v) is 10.7. The van der Waals surface area contributed by atoms with Crippen molar-refractivity contribution in [3.8, 4) is 0 Å². The maximum absolute atomic E-state index is 15.8. The van der Waals surface area contributed by atoms with Crippen LogP contribution in [-0.2, 0) is 12.6 Å². The average Bonchev–Trinajstić information content (AvgIpc) is 3.71. The molecule has 0 N–H and O–H groups in total. The summed E-state index contributed by atoms with van der Waals surface area (Å²) in [5.41, 5.74) is -5.56. The Hall–Kier alpha value is -3.49. The maximum Gasteiger partial charge on any atom is 0.416 e. The highest BCUT2D eigenvalue weighted by Gasteiger charge is 2.58. The first-order valence-corrected chi connectivity index (χ1v) is 13.3. The van der Waals surface area contributed by atoms with Crippen LogP contribution in [0.3, 0.4) is 0 Å². The first-order chi connectivity index (χ1) is 19.9. The second-order valence-electron chi connectivity index (χ2n) is 9.88. The minimum absolute atomic E-state index is 0.0468. The van der Waals surface area contributed by atoms with E-state index in [-0.39, 0.29) is 35.8 Å². The Labute approximate surface area is 245 Å². The van der Waals surface area contributed by atoms with Crippen molar-refractivity contribution in [1.29, 1.82) is 0 Å². The number of hydrogen-bond donors (Lipinski definition) is 0. The van der Waals surface area contributed by atoms with E-state index in [2.05, 4.69) is 20.9 Å². The van der Waals surface area contributed by atoms with Gasteiger partial charge >= 0.3 is 18.5 Å². The third-order valence-electron chi connectivity index (χ3n) is 6.73. The van der Waals surface area contributed by atoms with Crippen LogP contribution in [0.15, 0.2) is 59.3 Å². The molecule has 4 nitrogen and oxygen atoms in total. The number of carbonyl (C=O) groups is 2. The standard InChI is InChI=1S/C28H19BrF10N2O2/c29-20-11-16(24(27(34,35)36)28(37,38)39)10-19(26(31,32)33)18(20)12-22(42)17-2-1-3-21(23(17)30)41(13-14-4-5-14)25(43)15-6-8-40-9-7-15/h1-3,6-11,14,24H,4-5,12-13H2. The first kappa shape index (κ1) is 32.4. The van der Waals surface area contributed by atoms with E-state index >= 15 is 4.39 Å². The van der Waals surface area contributed by atoms with Gasteiger partial charge in [0, 0.05) is 35.4 Å². The number of hydrogen-bond acceptors (Lipinski definition) is 3. The molecule has 4 rings (SSSR count). The minimum atomic E-state index is -5.97. The Morgan fingerprint density at radius 1 is 0.930 bits per heavy atom. The summed E-state index contributed by atoms with van der Waals surface area (Å²) in [7, 11) is 0. The molecule has 15 heteroatoms. The van der Waals surface area contributed by atoms with Crippen LogP contribution in [-0.4, -0.2) is 35.6 Å². The van der Waals surface area contributed by atoms with E-state index in [1.54, 1.807) is 0 Å². The van der Waals surface area contributed by atoms with Gasteiger partial charge in [0.1, 0.15) is 0 Å². The van der Waals surface area contributed by atoms with Gasteiger partial charge in [-0.05, 0) is 66.3 Å². The van der Waals surface area contributed by atoms with E-state index in [1.807, 2.05) is 0 Å². The lowest BCUT2D eigenvalue weighted by molar-refractivity contribution is -0.253. The summed E-state index contributed by atoms with van der Waals surface area (Å²) in [5.74, 6) is -7.30. The van der Waals surface area contributed by atoms with E-state index in [0.717, 1.165) is 23.8 Å². The van der Waals surface area contributed by atoms with Crippen LogP contribution in [0, 0.1) is 11.7 Å². The summed E-state index contributed by atoms with van der Waals surface area (Å²) in [6, 6.07) is 6.03. The number of rotatable bonds is 8. The van der Waals surface area contributed by atoms with Crippen molar-refractivity contribution in [1.82, 2.24) is 4.98 Å². The van der Waals surface area contributed by atoms with Crippen LogP contribution in [0.5, 0.6) is 0 Å². The van der Waals surface area contributed by atoms with Crippen LogP contribution in [0.4, 0.5) is 49.6 Å². The van der Waals surface area contributed by atoms with E-state index in [0.29, 0.717) is 0 Å². The monoisotopic (exact) mass is 684 g/mol. The fraction of sp³-hybridized carbons (Fsp3) is 0.321. The molecule has 0 atom stereocenters. The van der Waals surface area contributed by atoms with Crippen LogP contribution >= 0.6 is 15.9 Å². The van der Waals surface area contributed by atoms with Crippen molar-refractivity contribution in [3.05, 3.63) is 93.0 Å². The van der Waals surface area contributed by atoms with Gasteiger partial charge in [0.25, 0.3) is 5.91 Å². The number of alkyl halides is 9. The molecule has 1 aliphatic carbocycles. The Morgan fingerprint density at radius 3 is 2.07 bits per heavy atom. The molecule has 1 aliphatic rings. The molecule has 1 heterocycles. The van der Waals surface area contributed by atoms with Crippen molar-refractivity contribution in [2.24, 2.45) is 5.92 Å². The van der Waals surface area contributed by atoms with Gasteiger partial charge in [-0.2, -0.15) is 39.5 Å². The topological polar surface area (TPSA) is 50.3 Å². The van der Waals surface area contributed by atoms with E-state index in [4.69, 9.17) is 0 Å². The third-order valence-corrected chi connectivity index (χ3v) is 7.44. The molecule has 0 spiro atoms. The van der Waals surface area contributed by atoms with Gasteiger partial charge in [0.05, 0.1) is 16.8 Å². The summed E-state index contributed by atoms with van der Waals surface area (Å²) in [4.78, 5) is 31.3. The van der Waals surface area contributed by atoms with Gasteiger partial charge in [-0.3, -0.25) is 14.6 Å². The zero-order valence-electron chi connectivity index (χ0n) is 21.5. The van der Waals surface area contributed by atoms with Crippen molar-refractivity contribution in [2.75, 3.05) is 11.4 Å². The first-order valence-electron chi connectivity index (χ1n) is 12.5. The summed E-state index contributed by atoms with van der Waals surface area (Å²) in [6.07, 6.45) is -14.5. The molecule has 1 aromatic heterocycles. The van der Waals surface area contributed by atoms with Crippen LogP contribution in [0.2, 0.25) is 0 Å². The minimum Gasteiger partial charge on any atom is -0.305 e. The van der Waals surface area contributed by atoms with Crippen molar-refractivity contribution >= 4 is 33.3 Å². The number of carbonyl (C=O) groups excluding carboxylic acids is 2. The molecule has 1 saturated carbocycles. The smallest absolute Gasteiger partial charge is 0.305 e. The number of halogens is 11. The molecular formula is C28H19BrF10N2O2. The lowest BCUT2D eigenvalue weighted by Gasteiger charge is -2.25. The van der Waals surface area contributed by atoms with Gasteiger partial charge in [0.15, 0.2) is 17.5 Å². The molecule has 0 radical (unpaired) electrons. The number of ketones is 1. The van der Waals surface area contributed by atoms with Gasteiger partial charge in [-0.1, -0.05) is 22.0 Å². The fourth-order valence-electron chi connectivity index (χ4n) is 4.52. The predicted molar refractivity (Wildman–Crippen MR) is 137 cm³/mol. The van der Waals surface area contributed by atoms with Gasteiger partial charge in [0.2, 0.25) is 0 Å². The van der Waals surface area contributed by atoms with Crippen LogP contribution in [0.25, 0.3) is 0 Å². The second kappa shape index (κ2) is 11.9. The maximum atomic E-state index is 15.8. The number of benzene rings is 2. The van der Waals surface area contributed by atoms with Crippen molar-refractivity contribution in [3.63, 3.8) is 0 Å². The van der Waals surface area contributed by atoms with Gasteiger partial charge in [-0.25, -0.2) is 4.39 Å². The van der Waals surface area contributed by atoms with Crippen molar-refractivity contribution < 1.29 is 53.5 Å². The van der Waals surface area contributed by atoms with Crippen molar-refractivity contribution in [2.45, 2.75) is 43.7 Å². The normalized spacial score (nSPS) is 14.2. The molecule has 0 aliphatic heterocycles. The fourth-order valence-corrected chi connectivity index (χ4v) is 5.14. The van der Waals surface area contributed by atoms with Crippen LogP contribution < -0.4 is 4.90 Å². The molecule has 0 bridgehead atoms. The number of anilines is 1. The molecule has 3 aromatic rings. The Kier molecular flexibility index (Phi) is 8.96. The number of amides is 1. The molecule has 0 saturated heterocycles. The molecule has 230 valence electrons. The Bertz CT molecular complexity index is 1500. The molecular weight excluding hydrogens is 666 g/mol. The summed E-state index contributed by atoms with van der Waals surface area (Å²) < 4.78 is 136. The highest BCUT2D eigenvalue weighted by atomic mass is 79.9. The lowest BCUT2D eigenvalue weighted by Crippen LogP contribution is -2.34. The zero-order chi connectivity index (χ0) is 31.9. The molecule has 43 heavy (non-hydrogen) atoms. The van der Waals surface area contributed by atoms with E-state index in [1.165, 1.54) is 36.7 Å². The molecule has 1 fully saturated rings. The number of aromatic nitrogens is 1. The molecule has 2 aromatic carbocycles. The number of pyridine rings is 1.